The Morgan fingerprint density at radius 2 is 1.30 bits per heavy atom. The smallest absolute Gasteiger partial charge is 0.255 e. The highest BCUT2D eigenvalue weighted by Gasteiger charge is 2.11. The van der Waals surface area contributed by atoms with Crippen molar-refractivity contribution in [3.05, 3.63) is 94.8 Å². The largest absolute Gasteiger partial charge is 0.322 e. The Kier molecular flexibility index (Phi) is 5.31. The minimum atomic E-state index is -0.368. The maximum atomic E-state index is 12.9. The number of hydrogen-bond donors (Lipinski definition) is 2. The lowest BCUT2D eigenvalue weighted by atomic mass is 10.1. The molecule has 0 spiro atoms. The van der Waals surface area contributed by atoms with Crippen LogP contribution in [0.15, 0.2) is 66.7 Å². The van der Waals surface area contributed by atoms with Crippen molar-refractivity contribution in [3.63, 3.8) is 0 Å². The highest BCUT2D eigenvalue weighted by Crippen LogP contribution is 2.19. The average molecular weight is 362 g/mol. The van der Waals surface area contributed by atoms with Gasteiger partial charge < -0.3 is 10.6 Å². The molecule has 0 heterocycles. The van der Waals surface area contributed by atoms with Gasteiger partial charge in [0, 0.05) is 22.5 Å². The van der Waals surface area contributed by atoms with Gasteiger partial charge in [0.25, 0.3) is 11.8 Å². The van der Waals surface area contributed by atoms with Gasteiger partial charge in [0.1, 0.15) is 5.82 Å². The third-order valence-corrected chi connectivity index (χ3v) is 4.36. The predicted molar refractivity (Wildman–Crippen MR) is 105 cm³/mol. The molecule has 0 saturated carbocycles. The minimum Gasteiger partial charge on any atom is -0.322 e. The molecule has 2 amide bonds. The summed E-state index contributed by atoms with van der Waals surface area (Å²) in [6, 6.07) is 17.6. The Morgan fingerprint density at radius 3 is 1.89 bits per heavy atom. The van der Waals surface area contributed by atoms with Crippen LogP contribution in [0.2, 0.25) is 0 Å². The SMILES string of the molecule is Cc1cccc(NC(=O)c2ccc(C(=O)Nc3ccc(F)cc3)cc2)c1C. The van der Waals surface area contributed by atoms with E-state index in [1.807, 2.05) is 32.0 Å². The summed E-state index contributed by atoms with van der Waals surface area (Å²) in [5.41, 5.74) is 4.23. The lowest BCUT2D eigenvalue weighted by Crippen LogP contribution is -2.15. The summed E-state index contributed by atoms with van der Waals surface area (Å²) < 4.78 is 12.9. The van der Waals surface area contributed by atoms with Crippen molar-refractivity contribution >= 4 is 23.2 Å². The number of carbonyl (C=O) groups is 2. The van der Waals surface area contributed by atoms with Crippen molar-refractivity contribution in [1.29, 1.82) is 0 Å². The monoisotopic (exact) mass is 362 g/mol. The molecule has 0 aromatic heterocycles. The molecule has 0 aliphatic heterocycles. The van der Waals surface area contributed by atoms with E-state index in [0.29, 0.717) is 16.8 Å². The lowest BCUT2D eigenvalue weighted by Gasteiger charge is -2.11. The summed E-state index contributed by atoms with van der Waals surface area (Å²) in [6.45, 7) is 3.94. The van der Waals surface area contributed by atoms with Crippen LogP contribution < -0.4 is 10.6 Å². The highest BCUT2D eigenvalue weighted by molar-refractivity contribution is 6.07. The second-order valence-electron chi connectivity index (χ2n) is 6.24. The van der Waals surface area contributed by atoms with E-state index in [-0.39, 0.29) is 17.6 Å². The molecule has 2 N–H and O–H groups in total. The van der Waals surface area contributed by atoms with Crippen molar-refractivity contribution in [3.8, 4) is 0 Å². The maximum absolute atomic E-state index is 12.9. The molecule has 0 atom stereocenters. The number of nitrogens with one attached hydrogen (secondary N) is 2. The zero-order valence-corrected chi connectivity index (χ0v) is 15.0. The van der Waals surface area contributed by atoms with Crippen molar-refractivity contribution in [2.75, 3.05) is 10.6 Å². The molecule has 4 nitrogen and oxygen atoms in total. The van der Waals surface area contributed by atoms with Gasteiger partial charge in [-0.2, -0.15) is 0 Å². The Bertz CT molecular complexity index is 980. The van der Waals surface area contributed by atoms with E-state index in [9.17, 15) is 14.0 Å². The van der Waals surface area contributed by atoms with E-state index in [4.69, 9.17) is 0 Å². The van der Waals surface area contributed by atoms with Crippen LogP contribution in [0.1, 0.15) is 31.8 Å². The molecular weight excluding hydrogens is 343 g/mol. The molecule has 0 unspecified atom stereocenters. The molecule has 0 fully saturated rings. The van der Waals surface area contributed by atoms with Crippen molar-refractivity contribution < 1.29 is 14.0 Å². The van der Waals surface area contributed by atoms with Gasteiger partial charge in [-0.05, 0) is 79.6 Å². The summed E-state index contributed by atoms with van der Waals surface area (Å²) in [5, 5.41) is 5.57. The zero-order chi connectivity index (χ0) is 19.4. The summed E-state index contributed by atoms with van der Waals surface area (Å²) in [6.07, 6.45) is 0. The third kappa shape index (κ3) is 4.39. The standard InChI is InChI=1S/C22H19FN2O2/c1-14-4-3-5-20(15(14)2)25-22(27)17-8-6-16(7-9-17)21(26)24-19-12-10-18(23)11-13-19/h3-13H,1-2H3,(H,24,26)(H,25,27). The number of benzene rings is 3. The minimum absolute atomic E-state index is 0.241. The second kappa shape index (κ2) is 7.83. The van der Waals surface area contributed by atoms with Crippen LogP contribution in [0.25, 0.3) is 0 Å². The van der Waals surface area contributed by atoms with E-state index < -0.39 is 0 Å². The maximum Gasteiger partial charge on any atom is 0.255 e. The Balaban J connectivity index is 1.69. The highest BCUT2D eigenvalue weighted by atomic mass is 19.1. The number of rotatable bonds is 4. The topological polar surface area (TPSA) is 58.2 Å². The van der Waals surface area contributed by atoms with Crippen LogP contribution >= 0.6 is 0 Å². The van der Waals surface area contributed by atoms with Gasteiger partial charge in [0.05, 0.1) is 0 Å². The zero-order valence-electron chi connectivity index (χ0n) is 15.0. The first kappa shape index (κ1) is 18.3. The average Bonchev–Trinajstić information content (AvgIpc) is 2.67. The quantitative estimate of drug-likeness (QED) is 0.690. The summed E-state index contributed by atoms with van der Waals surface area (Å²) >= 11 is 0. The van der Waals surface area contributed by atoms with Crippen LogP contribution in [0.5, 0.6) is 0 Å². The molecule has 0 saturated heterocycles. The molecular formula is C22H19FN2O2. The predicted octanol–water partition coefficient (Wildman–Crippen LogP) is 4.95. The number of hydrogen-bond acceptors (Lipinski definition) is 2. The molecule has 136 valence electrons. The van der Waals surface area contributed by atoms with Crippen LogP contribution in [0.3, 0.4) is 0 Å². The van der Waals surface area contributed by atoms with E-state index in [1.54, 1.807) is 24.3 Å². The van der Waals surface area contributed by atoms with Gasteiger partial charge in [-0.1, -0.05) is 12.1 Å². The van der Waals surface area contributed by atoms with Crippen molar-refractivity contribution in [1.82, 2.24) is 0 Å². The van der Waals surface area contributed by atoms with Gasteiger partial charge in [-0.25, -0.2) is 4.39 Å². The van der Waals surface area contributed by atoms with Crippen LogP contribution in [0, 0.1) is 19.7 Å². The first-order chi connectivity index (χ1) is 12.9. The fraction of sp³-hybridized carbons (Fsp3) is 0.0909. The fourth-order valence-electron chi connectivity index (χ4n) is 2.59. The number of anilines is 2. The van der Waals surface area contributed by atoms with Gasteiger partial charge in [0.15, 0.2) is 0 Å². The van der Waals surface area contributed by atoms with E-state index in [2.05, 4.69) is 10.6 Å². The van der Waals surface area contributed by atoms with Gasteiger partial charge in [0.2, 0.25) is 0 Å². The molecule has 3 rings (SSSR count). The Morgan fingerprint density at radius 1 is 0.741 bits per heavy atom. The van der Waals surface area contributed by atoms with Crippen LogP contribution in [-0.2, 0) is 0 Å². The fourth-order valence-corrected chi connectivity index (χ4v) is 2.59. The Labute approximate surface area is 157 Å². The number of halogens is 1. The van der Waals surface area contributed by atoms with E-state index in [0.717, 1.165) is 16.8 Å². The summed E-state index contributed by atoms with van der Waals surface area (Å²) in [4.78, 5) is 24.7. The summed E-state index contributed by atoms with van der Waals surface area (Å²) in [5.74, 6) is -0.940. The molecule has 0 radical (unpaired) electrons. The normalized spacial score (nSPS) is 10.3. The summed E-state index contributed by atoms with van der Waals surface area (Å²) in [7, 11) is 0. The molecule has 3 aromatic rings. The number of aryl methyl sites for hydroxylation is 1. The first-order valence-corrected chi connectivity index (χ1v) is 8.48. The van der Waals surface area contributed by atoms with Crippen molar-refractivity contribution in [2.45, 2.75) is 13.8 Å². The van der Waals surface area contributed by atoms with E-state index >= 15 is 0 Å². The second-order valence-corrected chi connectivity index (χ2v) is 6.24. The molecule has 0 aliphatic rings. The van der Waals surface area contributed by atoms with Crippen molar-refractivity contribution in [2.24, 2.45) is 0 Å². The van der Waals surface area contributed by atoms with Gasteiger partial charge in [-0.15, -0.1) is 0 Å². The lowest BCUT2D eigenvalue weighted by molar-refractivity contribution is 0.101. The number of amides is 2. The number of carbonyl (C=O) groups excluding carboxylic acids is 2. The van der Waals surface area contributed by atoms with Gasteiger partial charge >= 0.3 is 0 Å². The van der Waals surface area contributed by atoms with Crippen LogP contribution in [0.4, 0.5) is 15.8 Å². The van der Waals surface area contributed by atoms with Gasteiger partial charge in [-0.3, -0.25) is 9.59 Å². The molecule has 27 heavy (non-hydrogen) atoms. The Hall–Kier alpha value is -3.47. The van der Waals surface area contributed by atoms with Crippen LogP contribution in [-0.4, -0.2) is 11.8 Å². The first-order valence-electron chi connectivity index (χ1n) is 8.48. The van der Waals surface area contributed by atoms with E-state index in [1.165, 1.54) is 24.3 Å². The molecule has 5 heteroatoms. The molecule has 3 aromatic carbocycles. The molecule has 0 bridgehead atoms. The third-order valence-electron chi connectivity index (χ3n) is 4.36. The molecule has 0 aliphatic carbocycles.